The fourth-order valence-corrected chi connectivity index (χ4v) is 4.62. The summed E-state index contributed by atoms with van der Waals surface area (Å²) in [6, 6.07) is 10.3. The Labute approximate surface area is 115 Å². The van der Waals surface area contributed by atoms with Gasteiger partial charge in [0.05, 0.1) is 11.7 Å². The second-order valence-electron chi connectivity index (χ2n) is 7.21. The maximum Gasteiger partial charge on any atom is 0.494 e. The molecule has 3 aliphatic carbocycles. The Hall–Kier alpha value is -0.795. The van der Waals surface area contributed by atoms with E-state index < -0.39 is 0 Å². The largest absolute Gasteiger partial charge is 0.494 e. The number of hydrogen-bond acceptors (Lipinski definition) is 2. The minimum absolute atomic E-state index is 0.0985. The number of rotatable bonds is 1. The fourth-order valence-electron chi connectivity index (χ4n) is 4.62. The van der Waals surface area contributed by atoms with Crippen LogP contribution in [0.5, 0.6) is 0 Å². The van der Waals surface area contributed by atoms with E-state index in [4.69, 9.17) is 9.31 Å². The van der Waals surface area contributed by atoms with E-state index in [2.05, 4.69) is 45.0 Å². The fraction of sp³-hybridized carbons (Fsp3) is 0.625. The minimum Gasteiger partial charge on any atom is -0.402 e. The summed E-state index contributed by atoms with van der Waals surface area (Å²) in [4.78, 5) is 0. The minimum atomic E-state index is -0.175. The van der Waals surface area contributed by atoms with E-state index in [9.17, 15) is 0 Å². The van der Waals surface area contributed by atoms with Crippen molar-refractivity contribution in [1.82, 2.24) is 0 Å². The van der Waals surface area contributed by atoms with Gasteiger partial charge in [0, 0.05) is 0 Å². The highest BCUT2D eigenvalue weighted by atomic mass is 16.7. The standard InChI is InChI=1S/C16H21BO2/c1-15(2)11-9-13(15)16(3)14(10-11)18-17(19-16)12-7-5-4-6-8-12/h4-8,11,13-14H,9-10H2,1-3H3/t11?,13?,14-,16+/m1/s1. The molecule has 1 heterocycles. The average molecular weight is 256 g/mol. The van der Waals surface area contributed by atoms with Gasteiger partial charge in [-0.05, 0) is 42.5 Å². The molecule has 1 aliphatic heterocycles. The summed E-state index contributed by atoms with van der Waals surface area (Å²) in [5.74, 6) is 1.45. The van der Waals surface area contributed by atoms with Gasteiger partial charge in [0.15, 0.2) is 0 Å². The van der Waals surface area contributed by atoms with Crippen molar-refractivity contribution in [1.29, 1.82) is 0 Å². The molecule has 3 saturated carbocycles. The molecule has 0 spiro atoms. The van der Waals surface area contributed by atoms with Crippen molar-refractivity contribution >= 4 is 12.6 Å². The van der Waals surface area contributed by atoms with Crippen LogP contribution in [0.1, 0.15) is 33.6 Å². The molecule has 1 aromatic rings. The molecule has 1 aromatic carbocycles. The maximum absolute atomic E-state index is 6.40. The zero-order valence-electron chi connectivity index (χ0n) is 11.9. The molecular formula is C16H21BO2. The Morgan fingerprint density at radius 3 is 2.53 bits per heavy atom. The molecule has 1 saturated heterocycles. The van der Waals surface area contributed by atoms with Crippen molar-refractivity contribution in [3.8, 4) is 0 Å². The quantitative estimate of drug-likeness (QED) is 0.719. The third-order valence-electron chi connectivity index (χ3n) is 6.02. The number of hydrogen-bond donors (Lipinski definition) is 0. The summed E-state index contributed by atoms with van der Waals surface area (Å²) in [7, 11) is -0.175. The van der Waals surface area contributed by atoms with E-state index in [0.29, 0.717) is 11.3 Å². The van der Waals surface area contributed by atoms with Crippen LogP contribution in [-0.2, 0) is 9.31 Å². The van der Waals surface area contributed by atoms with Gasteiger partial charge in [0.1, 0.15) is 0 Å². The van der Waals surface area contributed by atoms with Crippen molar-refractivity contribution in [3.05, 3.63) is 30.3 Å². The molecule has 0 N–H and O–H groups in total. The molecule has 2 nitrogen and oxygen atoms in total. The summed E-state index contributed by atoms with van der Waals surface area (Å²) < 4.78 is 12.6. The van der Waals surface area contributed by atoms with E-state index in [-0.39, 0.29) is 18.8 Å². The third kappa shape index (κ3) is 1.46. The molecular weight excluding hydrogens is 235 g/mol. The predicted molar refractivity (Wildman–Crippen MR) is 76.2 cm³/mol. The molecule has 4 atom stereocenters. The van der Waals surface area contributed by atoms with Crippen LogP contribution >= 0.6 is 0 Å². The van der Waals surface area contributed by atoms with Crippen molar-refractivity contribution in [3.63, 3.8) is 0 Å². The van der Waals surface area contributed by atoms with Gasteiger partial charge < -0.3 is 9.31 Å². The van der Waals surface area contributed by atoms with Gasteiger partial charge in [-0.25, -0.2) is 0 Å². The van der Waals surface area contributed by atoms with E-state index in [0.717, 1.165) is 17.8 Å². The maximum atomic E-state index is 6.40. The van der Waals surface area contributed by atoms with Crippen LogP contribution in [0.4, 0.5) is 0 Å². The molecule has 3 heteroatoms. The topological polar surface area (TPSA) is 18.5 Å². The van der Waals surface area contributed by atoms with Crippen LogP contribution in [0.3, 0.4) is 0 Å². The summed E-state index contributed by atoms with van der Waals surface area (Å²) in [5, 5.41) is 0. The first kappa shape index (κ1) is 12.0. The Morgan fingerprint density at radius 2 is 1.84 bits per heavy atom. The van der Waals surface area contributed by atoms with Crippen LogP contribution in [-0.4, -0.2) is 18.8 Å². The molecule has 2 bridgehead atoms. The van der Waals surface area contributed by atoms with Crippen LogP contribution in [0.15, 0.2) is 30.3 Å². The van der Waals surface area contributed by atoms with Crippen molar-refractivity contribution in [2.45, 2.75) is 45.3 Å². The van der Waals surface area contributed by atoms with Crippen LogP contribution < -0.4 is 5.46 Å². The van der Waals surface area contributed by atoms with Gasteiger partial charge in [0.25, 0.3) is 0 Å². The van der Waals surface area contributed by atoms with Crippen LogP contribution in [0, 0.1) is 17.3 Å². The van der Waals surface area contributed by atoms with Gasteiger partial charge in [-0.2, -0.15) is 0 Å². The lowest BCUT2D eigenvalue weighted by molar-refractivity contribution is -0.199. The summed E-state index contributed by atoms with van der Waals surface area (Å²) >= 11 is 0. The lowest BCUT2D eigenvalue weighted by atomic mass is 9.43. The highest BCUT2D eigenvalue weighted by molar-refractivity contribution is 6.62. The highest BCUT2D eigenvalue weighted by Crippen LogP contribution is 2.65. The highest BCUT2D eigenvalue weighted by Gasteiger charge is 2.67. The van der Waals surface area contributed by atoms with Gasteiger partial charge in [-0.15, -0.1) is 0 Å². The zero-order valence-corrected chi connectivity index (χ0v) is 11.9. The van der Waals surface area contributed by atoms with Gasteiger partial charge in [-0.1, -0.05) is 44.2 Å². The van der Waals surface area contributed by atoms with E-state index in [1.54, 1.807) is 0 Å². The molecule has 5 rings (SSSR count). The Kier molecular flexibility index (Phi) is 2.30. The zero-order chi connectivity index (χ0) is 13.3. The molecule has 2 unspecified atom stereocenters. The van der Waals surface area contributed by atoms with E-state index in [1.165, 1.54) is 6.42 Å². The summed E-state index contributed by atoms with van der Waals surface area (Å²) in [5.41, 5.74) is 1.46. The first-order chi connectivity index (χ1) is 9.02. The summed E-state index contributed by atoms with van der Waals surface area (Å²) in [6.07, 6.45) is 2.74. The second-order valence-corrected chi connectivity index (χ2v) is 7.21. The normalized spacial score (nSPS) is 42.7. The van der Waals surface area contributed by atoms with Crippen molar-refractivity contribution in [2.75, 3.05) is 0 Å². The van der Waals surface area contributed by atoms with E-state index >= 15 is 0 Å². The monoisotopic (exact) mass is 256 g/mol. The van der Waals surface area contributed by atoms with Gasteiger partial charge in [0.2, 0.25) is 0 Å². The van der Waals surface area contributed by atoms with Gasteiger partial charge >= 0.3 is 7.12 Å². The van der Waals surface area contributed by atoms with Crippen LogP contribution in [0.25, 0.3) is 0 Å². The molecule has 100 valence electrons. The molecule has 4 aliphatic rings. The van der Waals surface area contributed by atoms with E-state index in [1.807, 2.05) is 6.07 Å². The lowest BCUT2D eigenvalue weighted by Crippen LogP contribution is -2.65. The van der Waals surface area contributed by atoms with Crippen LogP contribution in [0.2, 0.25) is 0 Å². The third-order valence-corrected chi connectivity index (χ3v) is 6.02. The molecule has 0 amide bonds. The molecule has 0 radical (unpaired) electrons. The molecule has 19 heavy (non-hydrogen) atoms. The molecule has 0 aromatic heterocycles. The lowest BCUT2D eigenvalue weighted by Gasteiger charge is -2.64. The molecule has 4 fully saturated rings. The SMILES string of the molecule is CC1(C)C2CC1[C@]1(C)OB(c3ccccc3)O[C@@H]1C2. The second kappa shape index (κ2) is 3.65. The average Bonchev–Trinajstić information content (AvgIpc) is 2.76. The Bertz CT molecular complexity index is 501. The van der Waals surface area contributed by atoms with Gasteiger partial charge in [-0.3, -0.25) is 0 Å². The Balaban J connectivity index is 1.64. The summed E-state index contributed by atoms with van der Waals surface area (Å²) in [6.45, 7) is 7.06. The first-order valence-corrected chi connectivity index (χ1v) is 7.40. The smallest absolute Gasteiger partial charge is 0.402 e. The first-order valence-electron chi connectivity index (χ1n) is 7.40. The Morgan fingerprint density at radius 1 is 1.11 bits per heavy atom. The number of benzene rings is 1. The predicted octanol–water partition coefficient (Wildman–Crippen LogP) is 2.62. The van der Waals surface area contributed by atoms with Crippen molar-refractivity contribution < 1.29 is 9.31 Å². The van der Waals surface area contributed by atoms with Crippen molar-refractivity contribution in [2.24, 2.45) is 17.3 Å².